The maximum absolute atomic E-state index is 11.9. The number of carbonyl (C=O) groups is 2. The van der Waals surface area contributed by atoms with Gasteiger partial charge in [-0.3, -0.25) is 4.79 Å². The Hall–Kier alpha value is -2.54. The second kappa shape index (κ2) is 8.60. The number of aromatic nitrogens is 3. The van der Waals surface area contributed by atoms with E-state index in [0.717, 1.165) is 6.20 Å². The van der Waals surface area contributed by atoms with Crippen LogP contribution in [0.4, 0.5) is 5.95 Å². The van der Waals surface area contributed by atoms with E-state index in [4.69, 9.17) is 10.4 Å². The smallest absolute Gasteiger partial charge is 0.326 e. The van der Waals surface area contributed by atoms with Crippen LogP contribution in [-0.4, -0.2) is 50.2 Å². The summed E-state index contributed by atoms with van der Waals surface area (Å²) in [7, 11) is 0. The molecular formula is C11H14N6O3S. The van der Waals surface area contributed by atoms with E-state index in [-0.39, 0.29) is 17.9 Å². The monoisotopic (exact) mass is 310 g/mol. The number of carbonyl (C=O) groups excluding carboxylic acids is 1. The highest BCUT2D eigenvalue weighted by molar-refractivity contribution is 7.98. The summed E-state index contributed by atoms with van der Waals surface area (Å²) in [6.07, 6.45) is 4.49. The SMILES string of the molecule is CSCCC(NC(=O)/C(C#N)=C\Nc1ncn[nH]1)C(=O)O. The number of aliphatic carboxylic acids is 1. The van der Waals surface area contributed by atoms with Crippen molar-refractivity contribution in [3.8, 4) is 6.07 Å². The molecule has 0 aliphatic heterocycles. The molecule has 0 bridgehead atoms. The number of nitriles is 1. The predicted molar refractivity (Wildman–Crippen MR) is 76.3 cm³/mol. The molecule has 0 radical (unpaired) electrons. The number of carboxylic acids is 1. The molecule has 1 amide bonds. The van der Waals surface area contributed by atoms with Crippen molar-refractivity contribution in [1.82, 2.24) is 20.5 Å². The number of rotatable bonds is 8. The van der Waals surface area contributed by atoms with Gasteiger partial charge in [0.15, 0.2) is 0 Å². The molecule has 1 aromatic heterocycles. The van der Waals surface area contributed by atoms with Crippen LogP contribution in [0.3, 0.4) is 0 Å². The molecule has 0 saturated heterocycles. The molecule has 0 fully saturated rings. The Morgan fingerprint density at radius 3 is 2.95 bits per heavy atom. The van der Waals surface area contributed by atoms with E-state index in [0.29, 0.717) is 5.75 Å². The molecule has 1 atom stereocenters. The lowest BCUT2D eigenvalue weighted by Gasteiger charge is -2.13. The van der Waals surface area contributed by atoms with Crippen LogP contribution in [0.15, 0.2) is 18.1 Å². The van der Waals surface area contributed by atoms with Gasteiger partial charge >= 0.3 is 5.97 Å². The molecule has 1 aromatic rings. The Morgan fingerprint density at radius 1 is 1.67 bits per heavy atom. The quantitative estimate of drug-likeness (QED) is 0.386. The van der Waals surface area contributed by atoms with E-state index < -0.39 is 17.9 Å². The number of hydrogen-bond donors (Lipinski definition) is 4. The number of thioether (sulfide) groups is 1. The topological polar surface area (TPSA) is 144 Å². The van der Waals surface area contributed by atoms with E-state index >= 15 is 0 Å². The van der Waals surface area contributed by atoms with Crippen LogP contribution in [-0.2, 0) is 9.59 Å². The van der Waals surface area contributed by atoms with Crippen LogP contribution >= 0.6 is 11.8 Å². The predicted octanol–water partition coefficient (Wildman–Crippen LogP) is -0.0534. The lowest BCUT2D eigenvalue weighted by atomic mass is 10.2. The standard InChI is InChI=1S/C11H14N6O3S/c1-21-3-2-8(10(19)20)16-9(18)7(4-12)5-13-11-14-6-15-17-11/h5-6,8H,2-3H2,1H3,(H,16,18)(H,19,20)(H2,13,14,15,17)/b7-5-. The molecule has 10 heteroatoms. The third kappa shape index (κ3) is 5.53. The number of hydrogen-bond acceptors (Lipinski definition) is 7. The molecule has 112 valence electrons. The van der Waals surface area contributed by atoms with Crippen LogP contribution in [0.5, 0.6) is 0 Å². The van der Waals surface area contributed by atoms with Gasteiger partial charge in [-0.2, -0.15) is 27.1 Å². The largest absolute Gasteiger partial charge is 0.480 e. The first-order valence-corrected chi connectivity index (χ1v) is 7.22. The molecule has 9 nitrogen and oxygen atoms in total. The first kappa shape index (κ1) is 16.5. The summed E-state index contributed by atoms with van der Waals surface area (Å²) in [6.45, 7) is 0. The van der Waals surface area contributed by atoms with Gasteiger partial charge < -0.3 is 15.7 Å². The van der Waals surface area contributed by atoms with Crippen LogP contribution in [0.1, 0.15) is 6.42 Å². The van der Waals surface area contributed by atoms with Gasteiger partial charge in [0.2, 0.25) is 5.95 Å². The van der Waals surface area contributed by atoms with Crippen molar-refractivity contribution in [3.63, 3.8) is 0 Å². The molecule has 0 saturated carbocycles. The molecular weight excluding hydrogens is 296 g/mol. The van der Waals surface area contributed by atoms with Crippen molar-refractivity contribution >= 4 is 29.6 Å². The van der Waals surface area contributed by atoms with Crippen LogP contribution in [0.2, 0.25) is 0 Å². The van der Waals surface area contributed by atoms with Crippen molar-refractivity contribution in [1.29, 1.82) is 5.26 Å². The van der Waals surface area contributed by atoms with Gasteiger partial charge in [0.25, 0.3) is 5.91 Å². The molecule has 0 aliphatic carbocycles. The summed E-state index contributed by atoms with van der Waals surface area (Å²) in [5.41, 5.74) is -0.262. The number of H-pyrrole nitrogens is 1. The molecule has 21 heavy (non-hydrogen) atoms. The summed E-state index contributed by atoms with van der Waals surface area (Å²) in [5.74, 6) is -1.07. The number of carboxylic acid groups (broad SMARTS) is 1. The van der Waals surface area contributed by atoms with Gasteiger partial charge in [0.05, 0.1) is 0 Å². The molecule has 1 rings (SSSR count). The Balaban J connectivity index is 2.67. The third-order valence-electron chi connectivity index (χ3n) is 2.35. The van der Waals surface area contributed by atoms with E-state index in [2.05, 4.69) is 25.8 Å². The summed E-state index contributed by atoms with van der Waals surface area (Å²) >= 11 is 1.47. The van der Waals surface area contributed by atoms with Gasteiger partial charge in [-0.1, -0.05) is 0 Å². The fraction of sp³-hybridized carbons (Fsp3) is 0.364. The van der Waals surface area contributed by atoms with Crippen molar-refractivity contribution in [3.05, 3.63) is 18.1 Å². The number of anilines is 1. The van der Waals surface area contributed by atoms with E-state index in [1.165, 1.54) is 18.1 Å². The minimum absolute atomic E-state index is 0.257. The number of aromatic amines is 1. The van der Waals surface area contributed by atoms with Gasteiger partial charge in [0, 0.05) is 6.20 Å². The molecule has 1 unspecified atom stereocenters. The highest BCUT2D eigenvalue weighted by atomic mass is 32.2. The van der Waals surface area contributed by atoms with E-state index in [1.54, 1.807) is 6.07 Å². The number of amides is 1. The van der Waals surface area contributed by atoms with Gasteiger partial charge in [-0.15, -0.1) is 0 Å². The lowest BCUT2D eigenvalue weighted by molar-refractivity contribution is -0.141. The zero-order valence-corrected chi connectivity index (χ0v) is 12.0. The average molecular weight is 310 g/mol. The minimum Gasteiger partial charge on any atom is -0.480 e. The maximum Gasteiger partial charge on any atom is 0.326 e. The van der Waals surface area contributed by atoms with Crippen molar-refractivity contribution in [2.75, 3.05) is 17.3 Å². The Bertz CT molecular complexity index is 551. The molecule has 1 heterocycles. The highest BCUT2D eigenvalue weighted by Gasteiger charge is 2.21. The van der Waals surface area contributed by atoms with Gasteiger partial charge in [-0.25, -0.2) is 9.89 Å². The number of nitrogens with zero attached hydrogens (tertiary/aromatic N) is 3. The van der Waals surface area contributed by atoms with E-state index in [9.17, 15) is 9.59 Å². The third-order valence-corrected chi connectivity index (χ3v) is 2.99. The normalized spacial score (nSPS) is 12.3. The van der Waals surface area contributed by atoms with Gasteiger partial charge in [0.1, 0.15) is 24.0 Å². The first-order chi connectivity index (χ1) is 10.1. The Labute approximate surface area is 124 Å². The molecule has 0 aromatic carbocycles. The fourth-order valence-electron chi connectivity index (χ4n) is 1.29. The highest BCUT2D eigenvalue weighted by Crippen LogP contribution is 2.03. The van der Waals surface area contributed by atoms with Gasteiger partial charge in [-0.05, 0) is 18.4 Å². The summed E-state index contributed by atoms with van der Waals surface area (Å²) in [4.78, 5) is 26.6. The first-order valence-electron chi connectivity index (χ1n) is 5.83. The van der Waals surface area contributed by atoms with Crippen LogP contribution in [0.25, 0.3) is 0 Å². The minimum atomic E-state index is -1.14. The zero-order chi connectivity index (χ0) is 15.7. The average Bonchev–Trinajstić information content (AvgIpc) is 2.97. The van der Waals surface area contributed by atoms with Crippen LogP contribution in [0, 0.1) is 11.3 Å². The van der Waals surface area contributed by atoms with Crippen molar-refractivity contribution in [2.45, 2.75) is 12.5 Å². The lowest BCUT2D eigenvalue weighted by Crippen LogP contribution is -2.41. The van der Waals surface area contributed by atoms with E-state index in [1.807, 2.05) is 6.26 Å². The molecule has 0 spiro atoms. The fourth-order valence-corrected chi connectivity index (χ4v) is 1.76. The number of nitrogens with one attached hydrogen (secondary N) is 3. The van der Waals surface area contributed by atoms with Crippen molar-refractivity contribution < 1.29 is 14.7 Å². The Morgan fingerprint density at radius 2 is 2.43 bits per heavy atom. The Kier molecular flexibility index (Phi) is 6.76. The zero-order valence-electron chi connectivity index (χ0n) is 11.2. The molecule has 0 aliphatic rings. The summed E-state index contributed by atoms with van der Waals surface area (Å²) in [6, 6.07) is 0.656. The summed E-state index contributed by atoms with van der Waals surface area (Å²) in [5, 5.41) is 28.9. The van der Waals surface area contributed by atoms with Crippen molar-refractivity contribution in [2.24, 2.45) is 0 Å². The van der Waals surface area contributed by atoms with Crippen LogP contribution < -0.4 is 10.6 Å². The second-order valence-corrected chi connectivity index (χ2v) is 4.78. The summed E-state index contributed by atoms with van der Waals surface area (Å²) < 4.78 is 0. The molecule has 4 N–H and O–H groups in total. The second-order valence-electron chi connectivity index (χ2n) is 3.79. The maximum atomic E-state index is 11.9.